The first kappa shape index (κ1) is 22.1. The monoisotopic (exact) mass is 426 g/mol. The first-order chi connectivity index (χ1) is 14.8. The molecule has 2 amide bonds. The molecular formula is C23H26N2O6. The van der Waals surface area contributed by atoms with Gasteiger partial charge in [-0.05, 0) is 56.0 Å². The highest BCUT2D eigenvalue weighted by atomic mass is 16.7. The van der Waals surface area contributed by atoms with Gasteiger partial charge in [-0.2, -0.15) is 0 Å². The van der Waals surface area contributed by atoms with Crippen LogP contribution in [0.3, 0.4) is 0 Å². The number of benzene rings is 2. The summed E-state index contributed by atoms with van der Waals surface area (Å²) in [4.78, 5) is 35.9. The number of esters is 1. The molecule has 0 aliphatic carbocycles. The topological polar surface area (TPSA) is 103 Å². The lowest BCUT2D eigenvalue weighted by molar-refractivity contribution is -0.148. The molecule has 8 heteroatoms. The Morgan fingerprint density at radius 3 is 2.42 bits per heavy atom. The van der Waals surface area contributed by atoms with E-state index in [1.54, 1.807) is 6.07 Å². The fourth-order valence-corrected chi connectivity index (χ4v) is 3.35. The number of ether oxygens (including phenoxy) is 3. The van der Waals surface area contributed by atoms with Crippen LogP contribution in [0.4, 0.5) is 5.69 Å². The van der Waals surface area contributed by atoms with Crippen molar-refractivity contribution in [2.24, 2.45) is 0 Å². The lowest BCUT2D eigenvalue weighted by Crippen LogP contribution is -2.35. The standard InChI is InChI=1S/C23H26N2O6/c1-14-8-15(2)23(16(3)9-14)25-20(26)11-24-21(27)12-29-22(28)7-5-17-4-6-18-19(10-17)31-13-30-18/h4,6,8-10H,5,7,11-13H2,1-3H3,(H,24,27)(H,25,26). The zero-order valence-corrected chi connectivity index (χ0v) is 17.9. The molecule has 0 bridgehead atoms. The van der Waals surface area contributed by atoms with Gasteiger partial charge in [-0.25, -0.2) is 0 Å². The zero-order chi connectivity index (χ0) is 22.4. The predicted molar refractivity (Wildman–Crippen MR) is 114 cm³/mol. The molecule has 0 aromatic heterocycles. The lowest BCUT2D eigenvalue weighted by atomic mass is 10.1. The molecule has 1 aliphatic heterocycles. The summed E-state index contributed by atoms with van der Waals surface area (Å²) in [7, 11) is 0. The molecule has 31 heavy (non-hydrogen) atoms. The van der Waals surface area contributed by atoms with Gasteiger partial charge in [-0.1, -0.05) is 23.8 Å². The number of rotatable bonds is 8. The van der Waals surface area contributed by atoms with E-state index in [9.17, 15) is 14.4 Å². The van der Waals surface area contributed by atoms with Gasteiger partial charge in [0.2, 0.25) is 12.7 Å². The van der Waals surface area contributed by atoms with E-state index in [1.165, 1.54) is 0 Å². The molecule has 2 aromatic carbocycles. The Balaban J connectivity index is 1.36. The maximum atomic E-state index is 12.1. The second-order valence-corrected chi connectivity index (χ2v) is 7.45. The Bertz CT molecular complexity index is 979. The maximum Gasteiger partial charge on any atom is 0.306 e. The molecule has 0 saturated carbocycles. The molecule has 0 unspecified atom stereocenters. The third kappa shape index (κ3) is 6.21. The van der Waals surface area contributed by atoms with E-state index in [0.717, 1.165) is 27.9 Å². The summed E-state index contributed by atoms with van der Waals surface area (Å²) in [6, 6.07) is 9.41. The van der Waals surface area contributed by atoms with Crippen LogP contribution < -0.4 is 20.1 Å². The number of amides is 2. The molecule has 0 saturated heterocycles. The van der Waals surface area contributed by atoms with Gasteiger partial charge in [0.1, 0.15) is 0 Å². The van der Waals surface area contributed by atoms with Crippen LogP contribution >= 0.6 is 0 Å². The van der Waals surface area contributed by atoms with Crippen LogP contribution in [0.25, 0.3) is 0 Å². The third-order valence-electron chi connectivity index (χ3n) is 4.81. The Morgan fingerprint density at radius 2 is 1.68 bits per heavy atom. The van der Waals surface area contributed by atoms with Gasteiger partial charge < -0.3 is 24.8 Å². The fraction of sp³-hybridized carbons (Fsp3) is 0.348. The lowest BCUT2D eigenvalue weighted by Gasteiger charge is -2.13. The number of carbonyl (C=O) groups is 3. The van der Waals surface area contributed by atoms with Crippen molar-refractivity contribution in [2.45, 2.75) is 33.6 Å². The fourth-order valence-electron chi connectivity index (χ4n) is 3.35. The van der Waals surface area contributed by atoms with Crippen LogP contribution in [-0.4, -0.2) is 37.7 Å². The van der Waals surface area contributed by atoms with Crippen molar-refractivity contribution in [3.8, 4) is 11.5 Å². The third-order valence-corrected chi connectivity index (χ3v) is 4.81. The van der Waals surface area contributed by atoms with Gasteiger partial charge in [0.25, 0.3) is 5.91 Å². The van der Waals surface area contributed by atoms with Crippen LogP contribution in [0.15, 0.2) is 30.3 Å². The quantitative estimate of drug-likeness (QED) is 0.629. The summed E-state index contributed by atoms with van der Waals surface area (Å²) in [5.74, 6) is -0.0519. The van der Waals surface area contributed by atoms with Gasteiger partial charge >= 0.3 is 5.97 Å². The van der Waals surface area contributed by atoms with Gasteiger partial charge in [-0.3, -0.25) is 14.4 Å². The number of aryl methyl sites for hydroxylation is 4. The number of carbonyl (C=O) groups excluding carboxylic acids is 3. The highest BCUT2D eigenvalue weighted by Crippen LogP contribution is 2.32. The molecule has 0 radical (unpaired) electrons. The number of hydrogen-bond donors (Lipinski definition) is 2. The molecule has 1 aliphatic rings. The van der Waals surface area contributed by atoms with Crippen molar-refractivity contribution < 1.29 is 28.6 Å². The van der Waals surface area contributed by atoms with E-state index in [4.69, 9.17) is 14.2 Å². The second-order valence-electron chi connectivity index (χ2n) is 7.45. The molecule has 2 N–H and O–H groups in total. The Morgan fingerprint density at radius 1 is 0.968 bits per heavy atom. The van der Waals surface area contributed by atoms with Gasteiger partial charge in [-0.15, -0.1) is 0 Å². The number of fused-ring (bicyclic) bond motifs is 1. The van der Waals surface area contributed by atoms with E-state index in [2.05, 4.69) is 10.6 Å². The summed E-state index contributed by atoms with van der Waals surface area (Å²) in [5.41, 5.74) is 4.66. The molecule has 164 valence electrons. The average molecular weight is 426 g/mol. The van der Waals surface area contributed by atoms with Crippen molar-refractivity contribution in [2.75, 3.05) is 25.3 Å². The molecule has 8 nitrogen and oxygen atoms in total. The largest absolute Gasteiger partial charge is 0.456 e. The minimum Gasteiger partial charge on any atom is -0.456 e. The van der Waals surface area contributed by atoms with Crippen LogP contribution in [0.1, 0.15) is 28.7 Å². The van der Waals surface area contributed by atoms with Crippen LogP contribution in [0, 0.1) is 20.8 Å². The van der Waals surface area contributed by atoms with Crippen molar-refractivity contribution in [3.63, 3.8) is 0 Å². The minimum atomic E-state index is -0.538. The molecule has 0 fully saturated rings. The summed E-state index contributed by atoms with van der Waals surface area (Å²) < 4.78 is 15.5. The van der Waals surface area contributed by atoms with Crippen molar-refractivity contribution in [1.82, 2.24) is 5.32 Å². The zero-order valence-electron chi connectivity index (χ0n) is 17.9. The number of anilines is 1. The molecule has 2 aromatic rings. The smallest absolute Gasteiger partial charge is 0.306 e. The summed E-state index contributed by atoms with van der Waals surface area (Å²) in [5, 5.41) is 5.25. The second kappa shape index (κ2) is 9.97. The van der Waals surface area contributed by atoms with E-state index >= 15 is 0 Å². The first-order valence-electron chi connectivity index (χ1n) is 10.0. The molecule has 3 rings (SSSR count). The summed E-state index contributed by atoms with van der Waals surface area (Å²) >= 11 is 0. The van der Waals surface area contributed by atoms with Crippen LogP contribution in [0.2, 0.25) is 0 Å². The molecule has 0 atom stereocenters. The van der Waals surface area contributed by atoms with Gasteiger partial charge in [0, 0.05) is 12.1 Å². The van der Waals surface area contributed by atoms with E-state index in [0.29, 0.717) is 17.9 Å². The van der Waals surface area contributed by atoms with Crippen LogP contribution in [-0.2, 0) is 25.5 Å². The van der Waals surface area contributed by atoms with E-state index in [-0.39, 0.29) is 25.7 Å². The maximum absolute atomic E-state index is 12.1. The Hall–Kier alpha value is -3.55. The summed E-state index contributed by atoms with van der Waals surface area (Å²) in [6.07, 6.45) is 0.578. The van der Waals surface area contributed by atoms with Gasteiger partial charge in [0.15, 0.2) is 18.1 Å². The SMILES string of the molecule is Cc1cc(C)c(NC(=O)CNC(=O)COC(=O)CCc2ccc3c(c2)OCO3)c(C)c1. The predicted octanol–water partition coefficient (Wildman–Crippen LogP) is 2.57. The Labute approximate surface area is 180 Å². The highest BCUT2D eigenvalue weighted by Gasteiger charge is 2.15. The van der Waals surface area contributed by atoms with Crippen molar-refractivity contribution >= 4 is 23.5 Å². The first-order valence-corrected chi connectivity index (χ1v) is 10.0. The molecule has 0 spiro atoms. The highest BCUT2D eigenvalue weighted by molar-refractivity contribution is 5.96. The van der Waals surface area contributed by atoms with Crippen molar-refractivity contribution in [3.05, 3.63) is 52.6 Å². The van der Waals surface area contributed by atoms with E-state index < -0.39 is 18.5 Å². The Kier molecular flexibility index (Phi) is 7.12. The normalized spacial score (nSPS) is 11.7. The number of hydrogen-bond acceptors (Lipinski definition) is 6. The molecule has 1 heterocycles. The summed E-state index contributed by atoms with van der Waals surface area (Å²) in [6.45, 7) is 5.37. The minimum absolute atomic E-state index is 0.124. The number of nitrogens with one attached hydrogen (secondary N) is 2. The average Bonchev–Trinajstić information content (AvgIpc) is 3.19. The molecular weight excluding hydrogens is 400 g/mol. The van der Waals surface area contributed by atoms with Crippen molar-refractivity contribution in [1.29, 1.82) is 0 Å². The van der Waals surface area contributed by atoms with Gasteiger partial charge in [0.05, 0.1) is 6.54 Å². The van der Waals surface area contributed by atoms with E-state index in [1.807, 2.05) is 45.0 Å². The van der Waals surface area contributed by atoms with Crippen LogP contribution in [0.5, 0.6) is 11.5 Å².